The van der Waals surface area contributed by atoms with Gasteiger partial charge in [-0.3, -0.25) is 9.69 Å². The van der Waals surface area contributed by atoms with Gasteiger partial charge >= 0.3 is 6.18 Å². The maximum absolute atomic E-state index is 12.3. The average Bonchev–Trinajstić information content (AvgIpc) is 2.94. The lowest BCUT2D eigenvalue weighted by Crippen LogP contribution is -2.33. The number of hydrogen-bond acceptors (Lipinski definition) is 2. The number of carbonyl (C=O) groups is 1. The van der Waals surface area contributed by atoms with Crippen molar-refractivity contribution in [3.63, 3.8) is 0 Å². The van der Waals surface area contributed by atoms with E-state index in [4.69, 9.17) is 0 Å². The van der Waals surface area contributed by atoms with Gasteiger partial charge in [-0.05, 0) is 69.5 Å². The molecule has 2 N–H and O–H groups in total. The summed E-state index contributed by atoms with van der Waals surface area (Å²) in [4.78, 5) is 17.0. The van der Waals surface area contributed by atoms with Crippen LogP contribution in [0.15, 0.2) is 18.2 Å². The van der Waals surface area contributed by atoms with E-state index in [1.165, 1.54) is 36.0 Å². The number of alkyl halides is 3. The molecule has 0 saturated heterocycles. The molecule has 0 aliphatic heterocycles. The SMILES string of the molecule is CN(CCCNC(=O)c1ccc2[nH]c3c(c2c1)CCCC3)CC(F)(F)F. The van der Waals surface area contributed by atoms with Gasteiger partial charge in [0.1, 0.15) is 0 Å². The molecule has 0 radical (unpaired) electrons. The van der Waals surface area contributed by atoms with Crippen molar-refractivity contribution in [2.45, 2.75) is 38.3 Å². The molecule has 1 heterocycles. The van der Waals surface area contributed by atoms with E-state index in [-0.39, 0.29) is 12.5 Å². The van der Waals surface area contributed by atoms with Gasteiger partial charge in [-0.15, -0.1) is 0 Å². The Labute approximate surface area is 150 Å². The molecule has 7 heteroatoms. The second-order valence-electron chi connectivity index (χ2n) is 7.01. The molecule has 142 valence electrons. The molecule has 1 aromatic heterocycles. The van der Waals surface area contributed by atoms with Gasteiger partial charge < -0.3 is 10.3 Å². The number of benzene rings is 1. The van der Waals surface area contributed by atoms with Crippen molar-refractivity contribution in [2.75, 3.05) is 26.7 Å². The summed E-state index contributed by atoms with van der Waals surface area (Å²) < 4.78 is 36.8. The highest BCUT2D eigenvalue weighted by Crippen LogP contribution is 2.29. The molecule has 0 bridgehead atoms. The number of nitrogens with one attached hydrogen (secondary N) is 2. The average molecular weight is 367 g/mol. The Balaban J connectivity index is 1.55. The highest BCUT2D eigenvalue weighted by molar-refractivity contribution is 5.99. The predicted molar refractivity (Wildman–Crippen MR) is 95.4 cm³/mol. The lowest BCUT2D eigenvalue weighted by molar-refractivity contribution is -0.143. The van der Waals surface area contributed by atoms with Crippen LogP contribution in [0.2, 0.25) is 0 Å². The van der Waals surface area contributed by atoms with E-state index in [9.17, 15) is 18.0 Å². The molecule has 0 unspecified atom stereocenters. The van der Waals surface area contributed by atoms with Crippen LogP contribution in [-0.2, 0) is 12.8 Å². The number of amides is 1. The Kier molecular flexibility index (Phi) is 5.55. The standard InChI is InChI=1S/C19H24F3N3O/c1-25(12-19(20,21)22)10-4-9-23-18(26)13-7-8-17-15(11-13)14-5-2-3-6-16(14)24-17/h7-8,11,24H,2-6,9-10,12H2,1H3,(H,23,26). The zero-order valence-electron chi connectivity index (χ0n) is 14.9. The third-order valence-electron chi connectivity index (χ3n) is 4.81. The summed E-state index contributed by atoms with van der Waals surface area (Å²) in [6.45, 7) is -0.301. The van der Waals surface area contributed by atoms with Crippen molar-refractivity contribution in [1.29, 1.82) is 0 Å². The molecule has 1 aliphatic carbocycles. The number of aryl methyl sites for hydroxylation is 2. The minimum Gasteiger partial charge on any atom is -0.358 e. The van der Waals surface area contributed by atoms with Gasteiger partial charge in [-0.1, -0.05) is 0 Å². The minimum atomic E-state index is -4.19. The normalized spacial score (nSPS) is 14.7. The van der Waals surface area contributed by atoms with Crippen LogP contribution in [0.3, 0.4) is 0 Å². The quantitative estimate of drug-likeness (QED) is 0.766. The van der Waals surface area contributed by atoms with Gasteiger partial charge in [0.25, 0.3) is 5.91 Å². The molecule has 1 aliphatic rings. The lowest BCUT2D eigenvalue weighted by Gasteiger charge is -2.18. The van der Waals surface area contributed by atoms with Crippen LogP contribution in [0, 0.1) is 0 Å². The van der Waals surface area contributed by atoms with E-state index in [0.29, 0.717) is 18.5 Å². The van der Waals surface area contributed by atoms with Crippen LogP contribution in [-0.4, -0.2) is 48.6 Å². The summed E-state index contributed by atoms with van der Waals surface area (Å²) in [6.07, 6.45) is 0.726. The molecule has 1 amide bonds. The van der Waals surface area contributed by atoms with Crippen LogP contribution in [0.25, 0.3) is 10.9 Å². The molecular formula is C19H24F3N3O. The van der Waals surface area contributed by atoms with E-state index in [1.807, 2.05) is 12.1 Å². The van der Waals surface area contributed by atoms with Gasteiger partial charge in [-0.25, -0.2) is 0 Å². The number of nitrogens with zero attached hydrogens (tertiary/aromatic N) is 1. The molecule has 26 heavy (non-hydrogen) atoms. The monoisotopic (exact) mass is 367 g/mol. The van der Waals surface area contributed by atoms with Crippen molar-refractivity contribution in [3.05, 3.63) is 35.0 Å². The summed E-state index contributed by atoms with van der Waals surface area (Å²) in [5.41, 5.74) is 4.24. The van der Waals surface area contributed by atoms with Crippen LogP contribution in [0.4, 0.5) is 13.2 Å². The zero-order valence-corrected chi connectivity index (χ0v) is 14.9. The van der Waals surface area contributed by atoms with Crippen molar-refractivity contribution >= 4 is 16.8 Å². The van der Waals surface area contributed by atoms with Crippen molar-refractivity contribution in [2.24, 2.45) is 0 Å². The maximum atomic E-state index is 12.3. The van der Waals surface area contributed by atoms with Crippen LogP contribution >= 0.6 is 0 Å². The van der Waals surface area contributed by atoms with Gasteiger partial charge in [0.15, 0.2) is 0 Å². The number of aromatic amines is 1. The summed E-state index contributed by atoms with van der Waals surface area (Å²) >= 11 is 0. The highest BCUT2D eigenvalue weighted by atomic mass is 19.4. The van der Waals surface area contributed by atoms with Gasteiger partial charge in [0, 0.05) is 28.7 Å². The summed E-state index contributed by atoms with van der Waals surface area (Å²) in [5, 5.41) is 3.91. The van der Waals surface area contributed by atoms with Crippen LogP contribution < -0.4 is 5.32 Å². The molecular weight excluding hydrogens is 343 g/mol. The smallest absolute Gasteiger partial charge is 0.358 e. The van der Waals surface area contributed by atoms with E-state index in [1.54, 1.807) is 6.07 Å². The molecule has 2 aromatic rings. The molecule has 4 nitrogen and oxygen atoms in total. The Morgan fingerprint density at radius 1 is 1.27 bits per heavy atom. The van der Waals surface area contributed by atoms with Crippen LogP contribution in [0.1, 0.15) is 40.9 Å². The molecule has 3 rings (SSSR count). The molecule has 0 atom stereocenters. The Morgan fingerprint density at radius 3 is 2.81 bits per heavy atom. The first kappa shape index (κ1) is 18.8. The lowest BCUT2D eigenvalue weighted by atomic mass is 9.95. The minimum absolute atomic E-state index is 0.184. The third kappa shape index (κ3) is 4.58. The highest BCUT2D eigenvalue weighted by Gasteiger charge is 2.28. The fourth-order valence-corrected chi connectivity index (χ4v) is 3.59. The van der Waals surface area contributed by atoms with Crippen molar-refractivity contribution in [3.8, 4) is 0 Å². The van der Waals surface area contributed by atoms with E-state index >= 15 is 0 Å². The largest absolute Gasteiger partial charge is 0.401 e. The first-order chi connectivity index (χ1) is 12.3. The molecule has 0 spiro atoms. The molecule has 1 aromatic carbocycles. The number of halogens is 3. The number of H-pyrrole nitrogens is 1. The second-order valence-corrected chi connectivity index (χ2v) is 7.01. The topological polar surface area (TPSA) is 48.1 Å². The van der Waals surface area contributed by atoms with Crippen LogP contribution in [0.5, 0.6) is 0 Å². The van der Waals surface area contributed by atoms with E-state index < -0.39 is 12.7 Å². The fourth-order valence-electron chi connectivity index (χ4n) is 3.59. The van der Waals surface area contributed by atoms with Gasteiger partial charge in [0.2, 0.25) is 0 Å². The number of carbonyl (C=O) groups excluding carboxylic acids is 1. The Hall–Kier alpha value is -2.02. The summed E-state index contributed by atoms with van der Waals surface area (Å²) in [5.74, 6) is -0.184. The number of hydrogen-bond donors (Lipinski definition) is 2. The number of rotatable bonds is 6. The summed E-state index contributed by atoms with van der Waals surface area (Å²) in [7, 11) is 1.43. The third-order valence-corrected chi connectivity index (χ3v) is 4.81. The second kappa shape index (κ2) is 7.70. The van der Waals surface area contributed by atoms with E-state index in [0.717, 1.165) is 23.7 Å². The number of fused-ring (bicyclic) bond motifs is 3. The van der Waals surface area contributed by atoms with Crippen molar-refractivity contribution < 1.29 is 18.0 Å². The zero-order chi connectivity index (χ0) is 18.7. The molecule has 0 fully saturated rings. The van der Waals surface area contributed by atoms with Gasteiger partial charge in [-0.2, -0.15) is 13.2 Å². The van der Waals surface area contributed by atoms with Crippen molar-refractivity contribution in [1.82, 2.24) is 15.2 Å². The fraction of sp³-hybridized carbons (Fsp3) is 0.526. The summed E-state index contributed by atoms with van der Waals surface area (Å²) in [6, 6.07) is 5.64. The Morgan fingerprint density at radius 2 is 2.04 bits per heavy atom. The van der Waals surface area contributed by atoms with E-state index in [2.05, 4.69) is 10.3 Å². The Bertz CT molecular complexity index is 782. The first-order valence-electron chi connectivity index (χ1n) is 9.00. The van der Waals surface area contributed by atoms with Gasteiger partial charge in [0.05, 0.1) is 6.54 Å². The molecule has 0 saturated carbocycles. The maximum Gasteiger partial charge on any atom is 0.401 e. The predicted octanol–water partition coefficient (Wildman–Crippen LogP) is 3.66. The number of aromatic nitrogens is 1. The first-order valence-corrected chi connectivity index (χ1v) is 9.00.